The van der Waals surface area contributed by atoms with E-state index in [1.54, 1.807) is 0 Å². The predicted molar refractivity (Wildman–Crippen MR) is 154 cm³/mol. The molecule has 0 saturated carbocycles. The van der Waals surface area contributed by atoms with Crippen molar-refractivity contribution in [2.75, 3.05) is 6.61 Å². The highest BCUT2D eigenvalue weighted by atomic mass is 16.5. The molecule has 38 heavy (non-hydrogen) atoms. The molecule has 0 bridgehead atoms. The topological polar surface area (TPSA) is 64.1 Å². The summed E-state index contributed by atoms with van der Waals surface area (Å²) in [6.45, 7) is 6.17. The summed E-state index contributed by atoms with van der Waals surface area (Å²) in [6.07, 6.45) is 0.994. The summed E-state index contributed by atoms with van der Waals surface area (Å²) in [7, 11) is 0. The molecule has 0 spiro atoms. The van der Waals surface area contributed by atoms with E-state index in [4.69, 9.17) is 4.74 Å². The second-order valence-corrected chi connectivity index (χ2v) is 9.61. The molecule has 190 valence electrons. The van der Waals surface area contributed by atoms with Gasteiger partial charge in [-0.1, -0.05) is 96.6 Å². The molecule has 0 atom stereocenters. The molecule has 0 saturated heterocycles. The lowest BCUT2D eigenvalue weighted by Crippen LogP contribution is -2.36. The van der Waals surface area contributed by atoms with Crippen LogP contribution in [0.15, 0.2) is 82.4 Å². The Bertz CT molecular complexity index is 1810. The number of ether oxygens (including phenoxy) is 1. The summed E-state index contributed by atoms with van der Waals surface area (Å²) in [5, 5.41) is 4.60. The van der Waals surface area contributed by atoms with Crippen molar-refractivity contribution >= 4 is 21.5 Å². The van der Waals surface area contributed by atoms with Crippen LogP contribution in [-0.4, -0.2) is 16.2 Å². The van der Waals surface area contributed by atoms with E-state index in [2.05, 4.69) is 65.4 Å². The highest BCUT2D eigenvalue weighted by Gasteiger charge is 2.15. The van der Waals surface area contributed by atoms with Gasteiger partial charge in [0.2, 0.25) is 0 Å². The largest absolute Gasteiger partial charge is 0.348 e. The van der Waals surface area contributed by atoms with Crippen LogP contribution in [0.1, 0.15) is 40.4 Å². The van der Waals surface area contributed by atoms with Crippen molar-refractivity contribution in [1.82, 2.24) is 9.55 Å². The van der Waals surface area contributed by atoms with Crippen LogP contribution in [-0.2, 0) is 24.3 Å². The van der Waals surface area contributed by atoms with Crippen molar-refractivity contribution in [3.63, 3.8) is 0 Å². The molecule has 5 aromatic rings. The number of aromatic amines is 1. The van der Waals surface area contributed by atoms with Crippen molar-refractivity contribution in [3.8, 4) is 11.8 Å². The first-order chi connectivity index (χ1) is 18.4. The Morgan fingerprint density at radius 1 is 0.868 bits per heavy atom. The van der Waals surface area contributed by atoms with E-state index in [1.807, 2.05) is 45.0 Å². The number of benzene rings is 4. The van der Waals surface area contributed by atoms with Crippen LogP contribution < -0.4 is 11.2 Å². The van der Waals surface area contributed by atoms with Crippen LogP contribution >= 0.6 is 0 Å². The lowest BCUT2D eigenvalue weighted by Gasteiger charge is -2.16. The second-order valence-electron chi connectivity index (χ2n) is 9.61. The zero-order valence-electron chi connectivity index (χ0n) is 21.9. The Morgan fingerprint density at radius 2 is 1.55 bits per heavy atom. The molecule has 0 aliphatic carbocycles. The van der Waals surface area contributed by atoms with Gasteiger partial charge < -0.3 is 4.74 Å². The van der Waals surface area contributed by atoms with Gasteiger partial charge >= 0.3 is 5.69 Å². The molecule has 0 aliphatic heterocycles. The average Bonchev–Trinajstić information content (AvgIpc) is 2.89. The van der Waals surface area contributed by atoms with Crippen molar-refractivity contribution in [3.05, 3.63) is 127 Å². The lowest BCUT2D eigenvalue weighted by atomic mass is 9.97. The first kappa shape index (κ1) is 25.3. The third-order valence-electron chi connectivity index (χ3n) is 6.81. The maximum atomic E-state index is 12.8. The Labute approximate surface area is 221 Å². The first-order valence-electron chi connectivity index (χ1n) is 12.8. The van der Waals surface area contributed by atoms with E-state index in [-0.39, 0.29) is 18.9 Å². The van der Waals surface area contributed by atoms with E-state index in [0.717, 1.165) is 33.0 Å². The van der Waals surface area contributed by atoms with Crippen LogP contribution in [0, 0.1) is 25.7 Å². The molecule has 0 unspecified atom stereocenters. The van der Waals surface area contributed by atoms with E-state index in [9.17, 15) is 9.59 Å². The quantitative estimate of drug-likeness (QED) is 0.186. The van der Waals surface area contributed by atoms with Crippen LogP contribution in [0.25, 0.3) is 21.5 Å². The van der Waals surface area contributed by atoms with Crippen molar-refractivity contribution < 1.29 is 4.74 Å². The van der Waals surface area contributed by atoms with Gasteiger partial charge in [-0.3, -0.25) is 14.3 Å². The van der Waals surface area contributed by atoms with Gasteiger partial charge in [0.15, 0.2) is 0 Å². The van der Waals surface area contributed by atoms with Gasteiger partial charge in [0.1, 0.15) is 13.3 Å². The van der Waals surface area contributed by atoms with Gasteiger partial charge in [-0.05, 0) is 53.4 Å². The minimum absolute atomic E-state index is 0.00981. The number of nitrogens with one attached hydrogen (secondary N) is 1. The molecule has 1 N–H and O–H groups in total. The third kappa shape index (κ3) is 5.18. The van der Waals surface area contributed by atoms with Crippen molar-refractivity contribution in [1.29, 1.82) is 0 Å². The van der Waals surface area contributed by atoms with Crippen molar-refractivity contribution in [2.45, 2.75) is 40.3 Å². The van der Waals surface area contributed by atoms with E-state index in [1.165, 1.54) is 15.3 Å². The highest BCUT2D eigenvalue weighted by molar-refractivity contribution is 6.09. The molecule has 0 amide bonds. The van der Waals surface area contributed by atoms with Gasteiger partial charge in [-0.15, -0.1) is 0 Å². The molecule has 0 fully saturated rings. The Kier molecular flexibility index (Phi) is 7.26. The van der Waals surface area contributed by atoms with E-state index in [0.29, 0.717) is 24.1 Å². The number of H-pyrrole nitrogens is 1. The number of fused-ring (bicyclic) bond motifs is 3. The summed E-state index contributed by atoms with van der Waals surface area (Å²) in [5.74, 6) is 6.37. The van der Waals surface area contributed by atoms with Crippen LogP contribution in [0.2, 0.25) is 0 Å². The number of aromatic nitrogens is 2. The molecule has 0 aliphatic rings. The molecular formula is C33H30N2O3. The number of hydrogen-bond acceptors (Lipinski definition) is 3. The summed E-state index contributed by atoms with van der Waals surface area (Å²) in [6, 6.07) is 24.9. The van der Waals surface area contributed by atoms with Gasteiger partial charge in [-0.2, -0.15) is 0 Å². The monoisotopic (exact) mass is 502 g/mol. The van der Waals surface area contributed by atoms with Crippen LogP contribution in [0.3, 0.4) is 0 Å². The maximum Gasteiger partial charge on any atom is 0.330 e. The summed E-state index contributed by atoms with van der Waals surface area (Å²) >= 11 is 0. The molecule has 1 heterocycles. The van der Waals surface area contributed by atoms with Crippen molar-refractivity contribution in [2.24, 2.45) is 0 Å². The fraction of sp³-hybridized carbons (Fsp3) is 0.212. The van der Waals surface area contributed by atoms with Crippen LogP contribution in [0.4, 0.5) is 0 Å². The molecule has 5 rings (SSSR count). The van der Waals surface area contributed by atoms with E-state index >= 15 is 0 Å². The SMILES string of the molecule is CCc1c(Cc2cc(C)cc(C)c2)n(COCC#Cc2cc3ccccc3c3ccccc23)c(=O)[nH]c1=O. The molecule has 5 nitrogen and oxygen atoms in total. The van der Waals surface area contributed by atoms with Gasteiger partial charge in [0, 0.05) is 23.2 Å². The van der Waals surface area contributed by atoms with Gasteiger partial charge in [-0.25, -0.2) is 4.79 Å². The van der Waals surface area contributed by atoms with Crippen LogP contribution in [0.5, 0.6) is 0 Å². The summed E-state index contributed by atoms with van der Waals surface area (Å²) in [4.78, 5) is 27.8. The molecule has 5 heteroatoms. The summed E-state index contributed by atoms with van der Waals surface area (Å²) < 4.78 is 7.37. The Hall–Kier alpha value is -4.40. The molecule has 0 radical (unpaired) electrons. The smallest absolute Gasteiger partial charge is 0.330 e. The summed E-state index contributed by atoms with van der Waals surface area (Å²) in [5.41, 5.74) is 4.75. The number of nitrogens with zero attached hydrogens (tertiary/aromatic N) is 1. The zero-order chi connectivity index (χ0) is 26.6. The first-order valence-corrected chi connectivity index (χ1v) is 12.8. The zero-order valence-corrected chi connectivity index (χ0v) is 21.9. The number of aryl methyl sites for hydroxylation is 2. The van der Waals surface area contributed by atoms with E-state index < -0.39 is 5.69 Å². The van der Waals surface area contributed by atoms with Gasteiger partial charge in [0.05, 0.1) is 0 Å². The third-order valence-corrected chi connectivity index (χ3v) is 6.81. The standard InChI is InChI=1S/C33H30N2O3/c1-4-27-31(19-24-17-22(2)16-23(3)18-24)35(33(37)34-32(27)36)21-38-15-9-11-26-20-25-10-5-6-12-28(25)30-14-8-7-13-29(26)30/h5-8,10,12-14,16-18,20H,4,15,19,21H2,1-3H3,(H,34,36,37). The average molecular weight is 503 g/mol. The minimum atomic E-state index is -0.472. The fourth-order valence-electron chi connectivity index (χ4n) is 5.20. The van der Waals surface area contributed by atoms with Gasteiger partial charge in [0.25, 0.3) is 5.56 Å². The Morgan fingerprint density at radius 3 is 2.29 bits per heavy atom. The highest BCUT2D eigenvalue weighted by Crippen LogP contribution is 2.28. The number of rotatable bonds is 6. The minimum Gasteiger partial charge on any atom is -0.348 e. The molecular weight excluding hydrogens is 472 g/mol. The molecule has 1 aromatic heterocycles. The normalized spacial score (nSPS) is 11.0. The fourth-order valence-corrected chi connectivity index (χ4v) is 5.20. The maximum absolute atomic E-state index is 12.8. The Balaban J connectivity index is 1.41. The lowest BCUT2D eigenvalue weighted by molar-refractivity contribution is 0.0980. The second kappa shape index (κ2) is 10.9. The number of hydrogen-bond donors (Lipinski definition) is 1. The predicted octanol–water partition coefficient (Wildman–Crippen LogP) is 5.64. The molecule has 4 aromatic carbocycles.